The fourth-order valence-electron chi connectivity index (χ4n) is 2.20. The maximum absolute atomic E-state index is 6.08. The van der Waals surface area contributed by atoms with E-state index in [4.69, 9.17) is 26.6 Å². The van der Waals surface area contributed by atoms with Crippen LogP contribution in [-0.2, 0) is 4.74 Å². The first-order valence-electron chi connectivity index (χ1n) is 6.09. The number of hydrogen-bond donors (Lipinski definition) is 1. The molecular weight excluding hydrogens is 266 g/mol. The molecule has 1 saturated heterocycles. The van der Waals surface area contributed by atoms with E-state index in [0.717, 1.165) is 37.6 Å². The number of benzene rings is 1. The van der Waals surface area contributed by atoms with Gasteiger partial charge in [-0.15, -0.1) is 0 Å². The van der Waals surface area contributed by atoms with Crippen LogP contribution in [0, 0.1) is 0 Å². The van der Waals surface area contributed by atoms with E-state index in [2.05, 4.69) is 10.1 Å². The third-order valence-electron chi connectivity index (χ3n) is 3.10. The predicted molar refractivity (Wildman–Crippen MR) is 74.4 cm³/mol. The van der Waals surface area contributed by atoms with Gasteiger partial charge in [-0.05, 0) is 18.2 Å². The Morgan fingerprint density at radius 2 is 2.00 bits per heavy atom. The molecule has 1 aliphatic rings. The Kier molecular flexibility index (Phi) is 3.31. The molecule has 1 fully saturated rings. The summed E-state index contributed by atoms with van der Waals surface area (Å²) < 4.78 is 10.6. The maximum atomic E-state index is 6.08. The summed E-state index contributed by atoms with van der Waals surface area (Å²) in [6.07, 6.45) is 0. The Balaban J connectivity index is 2.03. The zero-order chi connectivity index (χ0) is 13.2. The smallest absolute Gasteiger partial charge is 0.171 e. The number of rotatable bonds is 2. The fraction of sp³-hybridized carbons (Fsp3) is 0.308. The van der Waals surface area contributed by atoms with Crippen LogP contribution in [0.2, 0.25) is 5.02 Å². The molecule has 0 atom stereocenters. The molecule has 1 aromatic carbocycles. The molecule has 2 heterocycles. The van der Waals surface area contributed by atoms with Crippen molar-refractivity contribution in [3.05, 3.63) is 29.3 Å². The molecule has 0 radical (unpaired) electrons. The monoisotopic (exact) mass is 279 g/mol. The minimum absolute atomic E-state index is 0.364. The van der Waals surface area contributed by atoms with E-state index in [0.29, 0.717) is 16.6 Å². The number of nitrogens with two attached hydrogens (primary N) is 1. The molecule has 0 amide bonds. The van der Waals surface area contributed by atoms with Gasteiger partial charge in [-0.2, -0.15) is 0 Å². The highest BCUT2D eigenvalue weighted by molar-refractivity contribution is 6.31. The summed E-state index contributed by atoms with van der Waals surface area (Å²) >= 11 is 6.08. The number of morpholine rings is 1. The van der Waals surface area contributed by atoms with Crippen LogP contribution in [0.1, 0.15) is 0 Å². The largest absolute Gasteiger partial charge is 0.381 e. The van der Waals surface area contributed by atoms with Crippen molar-refractivity contribution in [2.24, 2.45) is 0 Å². The van der Waals surface area contributed by atoms with Crippen molar-refractivity contribution in [2.75, 3.05) is 36.9 Å². The quantitative estimate of drug-likeness (QED) is 0.914. The highest BCUT2D eigenvalue weighted by Gasteiger charge is 2.18. The lowest BCUT2D eigenvalue weighted by atomic mass is 10.1. The van der Waals surface area contributed by atoms with Crippen molar-refractivity contribution in [2.45, 2.75) is 0 Å². The van der Waals surface area contributed by atoms with Gasteiger partial charge in [-0.3, -0.25) is 0 Å². The van der Waals surface area contributed by atoms with Gasteiger partial charge in [-0.25, -0.2) is 0 Å². The molecular formula is C13H14ClN3O2. The molecule has 0 spiro atoms. The van der Waals surface area contributed by atoms with Gasteiger partial charge in [0.15, 0.2) is 11.6 Å². The highest BCUT2D eigenvalue weighted by atomic mass is 35.5. The molecule has 0 unspecified atom stereocenters. The van der Waals surface area contributed by atoms with E-state index in [1.165, 1.54) is 0 Å². The van der Waals surface area contributed by atoms with Crippen LogP contribution in [0.5, 0.6) is 0 Å². The van der Waals surface area contributed by atoms with Crippen molar-refractivity contribution < 1.29 is 9.26 Å². The van der Waals surface area contributed by atoms with Crippen LogP contribution in [0.3, 0.4) is 0 Å². The minimum Gasteiger partial charge on any atom is -0.381 e. The van der Waals surface area contributed by atoms with Crippen molar-refractivity contribution in [3.8, 4) is 11.3 Å². The van der Waals surface area contributed by atoms with Crippen LogP contribution in [0.15, 0.2) is 28.8 Å². The number of ether oxygens (including phenoxy) is 1. The van der Waals surface area contributed by atoms with Gasteiger partial charge >= 0.3 is 0 Å². The van der Waals surface area contributed by atoms with E-state index in [9.17, 15) is 0 Å². The highest BCUT2D eigenvalue weighted by Crippen LogP contribution is 2.34. The minimum atomic E-state index is 0.364. The zero-order valence-corrected chi connectivity index (χ0v) is 11.1. The first-order valence-corrected chi connectivity index (χ1v) is 6.46. The number of nitrogens with zero attached hydrogens (tertiary/aromatic N) is 2. The molecule has 2 aromatic rings. The topological polar surface area (TPSA) is 64.5 Å². The van der Waals surface area contributed by atoms with Gasteiger partial charge < -0.3 is 19.9 Å². The average Bonchev–Trinajstić information content (AvgIpc) is 2.86. The summed E-state index contributed by atoms with van der Waals surface area (Å²) in [6.45, 7) is 3.14. The number of anilines is 2. The van der Waals surface area contributed by atoms with E-state index < -0.39 is 0 Å². The van der Waals surface area contributed by atoms with Crippen molar-refractivity contribution in [1.82, 2.24) is 5.16 Å². The normalized spacial score (nSPS) is 15.7. The van der Waals surface area contributed by atoms with Crippen LogP contribution >= 0.6 is 11.6 Å². The van der Waals surface area contributed by atoms with Gasteiger partial charge in [0.1, 0.15) is 0 Å². The molecule has 1 aliphatic heterocycles. The molecule has 3 rings (SSSR count). The predicted octanol–water partition coefficient (Wildman–Crippen LogP) is 2.41. The summed E-state index contributed by atoms with van der Waals surface area (Å²) in [5.74, 6) is 0.990. The molecule has 1 aromatic heterocycles. The number of hydrogen-bond acceptors (Lipinski definition) is 5. The average molecular weight is 280 g/mol. The van der Waals surface area contributed by atoms with Gasteiger partial charge in [0.05, 0.1) is 13.2 Å². The van der Waals surface area contributed by atoms with Crippen molar-refractivity contribution >= 4 is 23.1 Å². The van der Waals surface area contributed by atoms with Crippen molar-refractivity contribution in [3.63, 3.8) is 0 Å². The summed E-state index contributed by atoms with van der Waals surface area (Å²) in [4.78, 5) is 2.24. The van der Waals surface area contributed by atoms with Crippen molar-refractivity contribution in [1.29, 1.82) is 0 Å². The lowest BCUT2D eigenvalue weighted by molar-refractivity contribution is 0.122. The van der Waals surface area contributed by atoms with Gasteiger partial charge in [0.25, 0.3) is 0 Å². The molecule has 5 nitrogen and oxygen atoms in total. The van der Waals surface area contributed by atoms with Gasteiger partial charge in [0.2, 0.25) is 0 Å². The van der Waals surface area contributed by atoms with Gasteiger partial charge in [-0.1, -0.05) is 16.8 Å². The lowest BCUT2D eigenvalue weighted by Crippen LogP contribution is -2.36. The second-order valence-corrected chi connectivity index (χ2v) is 4.81. The van der Waals surface area contributed by atoms with Crippen LogP contribution < -0.4 is 10.6 Å². The summed E-state index contributed by atoms with van der Waals surface area (Å²) in [5, 5.41) is 4.38. The summed E-state index contributed by atoms with van der Waals surface area (Å²) in [5.41, 5.74) is 7.57. The molecule has 2 N–H and O–H groups in total. The van der Waals surface area contributed by atoms with Crippen LogP contribution in [0.25, 0.3) is 11.3 Å². The molecule has 6 heteroatoms. The summed E-state index contributed by atoms with van der Waals surface area (Å²) in [6, 6.07) is 7.43. The standard InChI is InChI=1S/C13H14ClN3O2/c14-9-1-2-11(17-3-5-18-6-4-17)10(7-9)12-8-13(15)16-19-12/h1-2,7-8H,3-6H2,(H2,15,16). The van der Waals surface area contributed by atoms with E-state index >= 15 is 0 Å². The first-order chi connectivity index (χ1) is 9.24. The molecule has 0 aliphatic carbocycles. The zero-order valence-electron chi connectivity index (χ0n) is 10.3. The fourth-order valence-corrected chi connectivity index (χ4v) is 2.37. The first kappa shape index (κ1) is 12.3. The van der Waals surface area contributed by atoms with E-state index in [1.807, 2.05) is 18.2 Å². The molecule has 0 saturated carbocycles. The van der Waals surface area contributed by atoms with Crippen LogP contribution in [0.4, 0.5) is 11.5 Å². The number of halogens is 1. The number of aromatic nitrogens is 1. The molecule has 0 bridgehead atoms. The second kappa shape index (κ2) is 5.11. The van der Waals surface area contributed by atoms with Gasteiger partial charge in [0, 0.05) is 35.4 Å². The third kappa shape index (κ3) is 2.52. The summed E-state index contributed by atoms with van der Waals surface area (Å²) in [7, 11) is 0. The Bertz CT molecular complexity index is 579. The molecule has 19 heavy (non-hydrogen) atoms. The SMILES string of the molecule is Nc1cc(-c2cc(Cl)ccc2N2CCOCC2)on1. The Morgan fingerprint density at radius 1 is 1.21 bits per heavy atom. The Hall–Kier alpha value is -1.72. The van der Waals surface area contributed by atoms with Crippen LogP contribution in [-0.4, -0.2) is 31.5 Å². The number of nitrogen functional groups attached to an aromatic ring is 1. The Labute approximate surface area is 115 Å². The van der Waals surface area contributed by atoms with E-state index in [1.54, 1.807) is 6.07 Å². The maximum Gasteiger partial charge on any atom is 0.171 e. The second-order valence-electron chi connectivity index (χ2n) is 4.38. The Morgan fingerprint density at radius 3 is 2.68 bits per heavy atom. The lowest BCUT2D eigenvalue weighted by Gasteiger charge is -2.30. The molecule has 100 valence electrons. The third-order valence-corrected chi connectivity index (χ3v) is 3.34. The van der Waals surface area contributed by atoms with E-state index in [-0.39, 0.29) is 0 Å².